The fourth-order valence-electron chi connectivity index (χ4n) is 2.45. The number of hydrogen-bond acceptors (Lipinski definition) is 2. The standard InChI is InChI=1S/C17H15FN2O/c18-15-8-5-13(6-9-15)17(21)20-19-16-10-7-12-3-1-2-4-14(12)11-16/h1-6,8-9H,7,10-11H2,(H,20,21)/b19-16-. The van der Waals surface area contributed by atoms with E-state index in [1.807, 2.05) is 12.1 Å². The van der Waals surface area contributed by atoms with Gasteiger partial charge in [0.15, 0.2) is 0 Å². The third-order valence-electron chi connectivity index (χ3n) is 3.62. The largest absolute Gasteiger partial charge is 0.271 e. The number of carbonyl (C=O) groups is 1. The van der Waals surface area contributed by atoms with E-state index in [1.54, 1.807) is 0 Å². The monoisotopic (exact) mass is 282 g/mol. The van der Waals surface area contributed by atoms with Crippen molar-refractivity contribution in [2.24, 2.45) is 5.10 Å². The molecule has 1 aliphatic carbocycles. The van der Waals surface area contributed by atoms with Crippen molar-refractivity contribution in [3.05, 3.63) is 71.0 Å². The number of hydrogen-bond donors (Lipinski definition) is 1. The molecule has 0 atom stereocenters. The predicted octanol–water partition coefficient (Wildman–Crippen LogP) is 3.10. The molecular weight excluding hydrogens is 267 g/mol. The lowest BCUT2D eigenvalue weighted by molar-refractivity contribution is 0.0954. The summed E-state index contributed by atoms with van der Waals surface area (Å²) in [5, 5.41) is 4.20. The third-order valence-corrected chi connectivity index (χ3v) is 3.62. The molecule has 0 saturated carbocycles. The van der Waals surface area contributed by atoms with Crippen molar-refractivity contribution >= 4 is 11.6 Å². The highest BCUT2D eigenvalue weighted by atomic mass is 19.1. The number of benzene rings is 2. The second kappa shape index (κ2) is 5.87. The summed E-state index contributed by atoms with van der Waals surface area (Å²) in [4.78, 5) is 11.9. The van der Waals surface area contributed by atoms with Crippen LogP contribution in [-0.4, -0.2) is 11.6 Å². The SMILES string of the molecule is O=C(N/N=C1/CCc2ccccc2C1)c1ccc(F)cc1. The smallest absolute Gasteiger partial charge is 0.267 e. The Morgan fingerprint density at radius 3 is 2.48 bits per heavy atom. The summed E-state index contributed by atoms with van der Waals surface area (Å²) in [6.07, 6.45) is 2.56. The highest BCUT2D eigenvalue weighted by Crippen LogP contribution is 2.19. The maximum atomic E-state index is 12.8. The van der Waals surface area contributed by atoms with Crippen molar-refractivity contribution in [3.63, 3.8) is 0 Å². The number of amides is 1. The Hall–Kier alpha value is -2.49. The molecule has 0 bridgehead atoms. The lowest BCUT2D eigenvalue weighted by Gasteiger charge is -2.17. The summed E-state index contributed by atoms with van der Waals surface area (Å²) in [5.41, 5.74) is 6.52. The van der Waals surface area contributed by atoms with E-state index in [9.17, 15) is 9.18 Å². The van der Waals surface area contributed by atoms with Crippen molar-refractivity contribution < 1.29 is 9.18 Å². The minimum atomic E-state index is -0.359. The molecule has 106 valence electrons. The van der Waals surface area contributed by atoms with Gasteiger partial charge in [0.05, 0.1) is 0 Å². The number of fused-ring (bicyclic) bond motifs is 1. The van der Waals surface area contributed by atoms with Crippen LogP contribution in [-0.2, 0) is 12.8 Å². The lowest BCUT2D eigenvalue weighted by atomic mass is 9.90. The van der Waals surface area contributed by atoms with Crippen molar-refractivity contribution in [2.75, 3.05) is 0 Å². The first-order valence-corrected chi connectivity index (χ1v) is 6.90. The first kappa shape index (κ1) is 13.5. The molecule has 0 saturated heterocycles. The molecule has 0 radical (unpaired) electrons. The van der Waals surface area contributed by atoms with Crippen LogP contribution in [0.25, 0.3) is 0 Å². The quantitative estimate of drug-likeness (QED) is 0.845. The van der Waals surface area contributed by atoms with Gasteiger partial charge in [-0.1, -0.05) is 24.3 Å². The number of hydrazone groups is 1. The lowest BCUT2D eigenvalue weighted by Crippen LogP contribution is -2.22. The number of nitrogens with one attached hydrogen (secondary N) is 1. The zero-order chi connectivity index (χ0) is 14.7. The first-order chi connectivity index (χ1) is 10.2. The number of aryl methyl sites for hydroxylation is 1. The molecule has 0 spiro atoms. The highest BCUT2D eigenvalue weighted by molar-refractivity contribution is 5.96. The molecule has 2 aromatic carbocycles. The fourth-order valence-corrected chi connectivity index (χ4v) is 2.45. The van der Waals surface area contributed by atoms with Gasteiger partial charge in [0.2, 0.25) is 0 Å². The minimum absolute atomic E-state index is 0.318. The zero-order valence-corrected chi connectivity index (χ0v) is 11.5. The summed E-state index contributed by atoms with van der Waals surface area (Å²) < 4.78 is 12.8. The summed E-state index contributed by atoms with van der Waals surface area (Å²) in [7, 11) is 0. The van der Waals surface area contributed by atoms with Crippen molar-refractivity contribution in [3.8, 4) is 0 Å². The summed E-state index contributed by atoms with van der Waals surface area (Å²) in [6, 6.07) is 13.7. The average molecular weight is 282 g/mol. The van der Waals surface area contributed by atoms with Gasteiger partial charge in [-0.15, -0.1) is 0 Å². The second-order valence-electron chi connectivity index (χ2n) is 5.07. The summed E-state index contributed by atoms with van der Waals surface area (Å²) in [6.45, 7) is 0. The maximum Gasteiger partial charge on any atom is 0.271 e. The Morgan fingerprint density at radius 2 is 1.71 bits per heavy atom. The van der Waals surface area contributed by atoms with Crippen LogP contribution >= 0.6 is 0 Å². The van der Waals surface area contributed by atoms with Crippen LogP contribution in [0.1, 0.15) is 27.9 Å². The van der Waals surface area contributed by atoms with E-state index in [0.717, 1.165) is 25.0 Å². The Balaban J connectivity index is 1.67. The van der Waals surface area contributed by atoms with E-state index < -0.39 is 0 Å². The van der Waals surface area contributed by atoms with Crippen LogP contribution in [0.4, 0.5) is 4.39 Å². The van der Waals surface area contributed by atoms with Crippen LogP contribution < -0.4 is 5.43 Å². The molecule has 0 fully saturated rings. The topological polar surface area (TPSA) is 41.5 Å². The number of halogens is 1. The average Bonchev–Trinajstić information content (AvgIpc) is 2.53. The van der Waals surface area contributed by atoms with Gasteiger partial charge in [-0.3, -0.25) is 4.79 Å². The Bertz CT molecular complexity index is 692. The normalized spacial score (nSPS) is 15.6. The van der Waals surface area contributed by atoms with E-state index in [2.05, 4.69) is 22.7 Å². The van der Waals surface area contributed by atoms with E-state index in [0.29, 0.717) is 5.56 Å². The first-order valence-electron chi connectivity index (χ1n) is 6.90. The van der Waals surface area contributed by atoms with Gasteiger partial charge in [-0.05, 0) is 48.2 Å². The maximum absolute atomic E-state index is 12.8. The van der Waals surface area contributed by atoms with Gasteiger partial charge < -0.3 is 0 Å². The van der Waals surface area contributed by atoms with E-state index in [4.69, 9.17) is 0 Å². The van der Waals surface area contributed by atoms with Crippen LogP contribution in [0.2, 0.25) is 0 Å². The molecule has 3 rings (SSSR count). The molecule has 3 nitrogen and oxygen atoms in total. The third kappa shape index (κ3) is 3.16. The molecule has 1 aliphatic rings. The van der Waals surface area contributed by atoms with Gasteiger partial charge in [0.25, 0.3) is 5.91 Å². The van der Waals surface area contributed by atoms with Crippen LogP contribution in [0, 0.1) is 5.82 Å². The number of nitrogens with zero attached hydrogens (tertiary/aromatic N) is 1. The van der Waals surface area contributed by atoms with Gasteiger partial charge >= 0.3 is 0 Å². The molecule has 1 amide bonds. The Kier molecular flexibility index (Phi) is 3.77. The Morgan fingerprint density at radius 1 is 1.00 bits per heavy atom. The number of rotatable bonds is 2. The molecule has 1 N–H and O–H groups in total. The zero-order valence-electron chi connectivity index (χ0n) is 11.5. The molecule has 4 heteroatoms. The van der Waals surface area contributed by atoms with E-state index >= 15 is 0 Å². The molecule has 0 heterocycles. The molecule has 0 aromatic heterocycles. The predicted molar refractivity (Wildman–Crippen MR) is 79.8 cm³/mol. The highest BCUT2D eigenvalue weighted by Gasteiger charge is 2.14. The van der Waals surface area contributed by atoms with Gasteiger partial charge in [0.1, 0.15) is 5.82 Å². The fraction of sp³-hybridized carbons (Fsp3) is 0.176. The van der Waals surface area contributed by atoms with Gasteiger partial charge in [-0.2, -0.15) is 5.10 Å². The summed E-state index contributed by atoms with van der Waals surface area (Å²) in [5.74, 6) is -0.678. The van der Waals surface area contributed by atoms with Crippen LogP contribution in [0.5, 0.6) is 0 Å². The second-order valence-corrected chi connectivity index (χ2v) is 5.07. The Labute approximate surface area is 122 Å². The van der Waals surface area contributed by atoms with Gasteiger partial charge in [0, 0.05) is 17.7 Å². The van der Waals surface area contributed by atoms with Crippen LogP contribution in [0.3, 0.4) is 0 Å². The molecule has 0 unspecified atom stereocenters. The van der Waals surface area contributed by atoms with Crippen molar-refractivity contribution in [1.29, 1.82) is 0 Å². The number of carbonyl (C=O) groups excluding carboxylic acids is 1. The molecule has 0 aliphatic heterocycles. The van der Waals surface area contributed by atoms with E-state index in [-0.39, 0.29) is 11.7 Å². The molecule has 21 heavy (non-hydrogen) atoms. The van der Waals surface area contributed by atoms with Crippen molar-refractivity contribution in [2.45, 2.75) is 19.3 Å². The van der Waals surface area contributed by atoms with Gasteiger partial charge in [-0.25, -0.2) is 9.82 Å². The minimum Gasteiger partial charge on any atom is -0.267 e. The summed E-state index contributed by atoms with van der Waals surface area (Å²) >= 11 is 0. The molecule has 2 aromatic rings. The van der Waals surface area contributed by atoms with E-state index in [1.165, 1.54) is 35.4 Å². The van der Waals surface area contributed by atoms with Crippen molar-refractivity contribution in [1.82, 2.24) is 5.43 Å². The molecular formula is C17H15FN2O. The van der Waals surface area contributed by atoms with Crippen LogP contribution in [0.15, 0.2) is 53.6 Å².